The number of furan rings is 1. The van der Waals surface area contributed by atoms with Crippen LogP contribution in [0.25, 0.3) is 82.8 Å². The molecule has 10 aromatic rings. The molecule has 8 aromatic carbocycles. The Bertz CT molecular complexity index is 3970. The van der Waals surface area contributed by atoms with E-state index in [0.29, 0.717) is 0 Å². The summed E-state index contributed by atoms with van der Waals surface area (Å²) in [7, 11) is 0.775. The zero-order valence-corrected chi connectivity index (χ0v) is 42.7. The molecule has 0 atom stereocenters. The molecule has 3 nitrogen and oxygen atoms in total. The number of aromatic nitrogens is 1. The lowest BCUT2D eigenvalue weighted by Crippen LogP contribution is -2.38. The first-order valence-corrected chi connectivity index (χ1v) is 25.8. The molecule has 4 heteroatoms. The molecule has 3 heterocycles. The topological polar surface area (TPSA) is 30.1 Å². The van der Waals surface area contributed by atoms with Crippen LogP contribution in [-0.2, 0) is 27.1 Å². The molecule has 2 aromatic heterocycles. The van der Waals surface area contributed by atoms with Crippen molar-refractivity contribution >= 4 is 73.3 Å². The molecule has 0 fully saturated rings. The van der Waals surface area contributed by atoms with E-state index in [0.717, 1.165) is 42.7 Å². The van der Waals surface area contributed by atoms with Crippen LogP contribution in [0.5, 0.6) is 0 Å². The lowest BCUT2D eigenvalue weighted by molar-refractivity contribution is 0.332. The van der Waals surface area contributed by atoms with Gasteiger partial charge in [0.2, 0.25) is 0 Å². The predicted molar refractivity (Wildman–Crippen MR) is 299 cm³/mol. The molecule has 0 saturated carbocycles. The third-order valence-corrected chi connectivity index (χ3v) is 18.0. The fourth-order valence-electron chi connectivity index (χ4n) is 13.9. The molecule has 0 amide bonds. The fourth-order valence-corrected chi connectivity index (χ4v) is 13.9. The standard InChI is InChI=1S/C66H61BN2O/c1-62(2,3)36-24-26-37(27-25-36)68-52-33-42-39-19-13-16-22-46(39)65(8,9)47(42)30-43(52)58-59-60-56(57-40-20-14-17-23-55(40)70-61(57)58)44-31-49-50(64(6,7)29-28-63(49,4)5)35-53(44)69(60)54-34-48-41(32-51(54)67-59)38-18-12-15-21-45(38)66(48,10)11/h12-27,30-35,67-68H,28-29H2,1-11H3. The highest BCUT2D eigenvalue weighted by Crippen LogP contribution is 2.56. The first-order chi connectivity index (χ1) is 33.3. The Morgan fingerprint density at radius 3 is 1.81 bits per heavy atom. The highest BCUT2D eigenvalue weighted by molar-refractivity contribution is 6.74. The Morgan fingerprint density at radius 1 is 0.543 bits per heavy atom. The maximum absolute atomic E-state index is 7.45. The summed E-state index contributed by atoms with van der Waals surface area (Å²) in [6.45, 7) is 26.4. The van der Waals surface area contributed by atoms with Crippen molar-refractivity contribution in [3.63, 3.8) is 0 Å². The largest absolute Gasteiger partial charge is 0.455 e. The summed E-state index contributed by atoms with van der Waals surface area (Å²) in [5.74, 6) is 0. The number of hydrogen-bond acceptors (Lipinski definition) is 2. The van der Waals surface area contributed by atoms with Gasteiger partial charge in [0, 0.05) is 60.6 Å². The zero-order valence-electron chi connectivity index (χ0n) is 42.7. The van der Waals surface area contributed by atoms with Crippen LogP contribution in [0.1, 0.15) is 128 Å². The fraction of sp³-hybridized carbons (Fsp3) is 0.273. The second kappa shape index (κ2) is 13.5. The van der Waals surface area contributed by atoms with Gasteiger partial charge in [-0.2, -0.15) is 0 Å². The molecule has 3 aliphatic carbocycles. The van der Waals surface area contributed by atoms with Crippen LogP contribution in [-0.4, -0.2) is 11.8 Å². The van der Waals surface area contributed by atoms with E-state index in [1.165, 1.54) is 122 Å². The van der Waals surface area contributed by atoms with E-state index in [9.17, 15) is 0 Å². The maximum Gasteiger partial charge on any atom is 0.198 e. The average Bonchev–Trinajstić information content (AvgIpc) is 4.01. The summed E-state index contributed by atoms with van der Waals surface area (Å²) in [5.41, 5.74) is 27.9. The van der Waals surface area contributed by atoms with Gasteiger partial charge in [-0.1, -0.05) is 167 Å². The SMILES string of the molecule is CC(C)(C)c1ccc(Nc2cc3c(cc2-c2c4c5c(c6cc7c(cc6n5-c5cc6c(cc5B4)-c4ccccc4C6(C)C)C(C)(C)CCC7(C)C)c4c2oc2ccccc24)C(C)(C)c2ccccc2-3)cc1. The van der Waals surface area contributed by atoms with Gasteiger partial charge in [-0.3, -0.25) is 0 Å². The van der Waals surface area contributed by atoms with Crippen molar-refractivity contribution < 1.29 is 4.42 Å². The number of hydrogen-bond donors (Lipinski definition) is 1. The second-order valence-electron chi connectivity index (χ2n) is 24.8. The summed E-state index contributed by atoms with van der Waals surface area (Å²) in [6, 6.07) is 51.4. The molecule has 4 aliphatic rings. The quantitative estimate of drug-likeness (QED) is 0.179. The monoisotopic (exact) mass is 908 g/mol. The van der Waals surface area contributed by atoms with E-state index in [-0.39, 0.29) is 27.1 Å². The van der Waals surface area contributed by atoms with Gasteiger partial charge in [-0.05, 0) is 144 Å². The summed E-state index contributed by atoms with van der Waals surface area (Å²) in [5, 5.41) is 9.08. The van der Waals surface area contributed by atoms with Gasteiger partial charge >= 0.3 is 0 Å². The Morgan fingerprint density at radius 2 is 1.14 bits per heavy atom. The Kier molecular flexibility index (Phi) is 8.15. The predicted octanol–water partition coefficient (Wildman–Crippen LogP) is 16.1. The van der Waals surface area contributed by atoms with Crippen molar-refractivity contribution in [1.29, 1.82) is 0 Å². The Labute approximate surface area is 413 Å². The van der Waals surface area contributed by atoms with Crippen molar-refractivity contribution in [3.8, 4) is 39.1 Å². The molecule has 0 bridgehead atoms. The number of rotatable bonds is 3. The minimum Gasteiger partial charge on any atom is -0.455 e. The van der Waals surface area contributed by atoms with Crippen LogP contribution in [0.4, 0.5) is 11.4 Å². The van der Waals surface area contributed by atoms with Gasteiger partial charge in [0.05, 0.1) is 11.0 Å². The van der Waals surface area contributed by atoms with Gasteiger partial charge < -0.3 is 14.3 Å². The number of nitrogens with zero attached hydrogens (tertiary/aromatic N) is 1. The number of para-hydroxylation sites is 1. The molecule has 70 heavy (non-hydrogen) atoms. The summed E-state index contributed by atoms with van der Waals surface area (Å²) in [6.07, 6.45) is 2.32. The van der Waals surface area contributed by atoms with Crippen LogP contribution in [0.3, 0.4) is 0 Å². The molecule has 14 rings (SSSR count). The average molecular weight is 909 g/mol. The van der Waals surface area contributed by atoms with E-state index in [4.69, 9.17) is 4.42 Å². The minimum atomic E-state index is -0.206. The van der Waals surface area contributed by atoms with Crippen molar-refractivity contribution in [2.24, 2.45) is 0 Å². The van der Waals surface area contributed by atoms with E-state index in [1.54, 1.807) is 0 Å². The number of benzene rings is 8. The highest BCUT2D eigenvalue weighted by Gasteiger charge is 2.43. The van der Waals surface area contributed by atoms with Gasteiger partial charge in [-0.25, -0.2) is 0 Å². The van der Waals surface area contributed by atoms with Crippen molar-refractivity contribution in [1.82, 2.24) is 4.57 Å². The van der Waals surface area contributed by atoms with Gasteiger partial charge in [0.1, 0.15) is 11.2 Å². The molecular weight excluding hydrogens is 848 g/mol. The summed E-state index contributed by atoms with van der Waals surface area (Å²) < 4.78 is 10.2. The smallest absolute Gasteiger partial charge is 0.198 e. The summed E-state index contributed by atoms with van der Waals surface area (Å²) >= 11 is 0. The molecule has 0 radical (unpaired) electrons. The molecule has 1 N–H and O–H groups in total. The Hall–Kier alpha value is -6.78. The minimum absolute atomic E-state index is 0.0426. The second-order valence-corrected chi connectivity index (χ2v) is 24.8. The number of nitrogens with one attached hydrogen (secondary N) is 1. The lowest BCUT2D eigenvalue weighted by Gasteiger charge is -2.42. The molecule has 344 valence electrons. The van der Waals surface area contributed by atoms with Crippen LogP contribution >= 0.6 is 0 Å². The molecule has 0 spiro atoms. The number of fused-ring (bicyclic) bond motifs is 16. The number of anilines is 2. The highest BCUT2D eigenvalue weighted by atomic mass is 16.3. The van der Waals surface area contributed by atoms with Gasteiger partial charge in [-0.15, -0.1) is 0 Å². The summed E-state index contributed by atoms with van der Waals surface area (Å²) in [4.78, 5) is 0. The third kappa shape index (κ3) is 5.48. The van der Waals surface area contributed by atoms with Crippen molar-refractivity contribution in [3.05, 3.63) is 172 Å². The Balaban J connectivity index is 1.16. The van der Waals surface area contributed by atoms with E-state index < -0.39 is 0 Å². The van der Waals surface area contributed by atoms with E-state index in [2.05, 4.69) is 220 Å². The molecule has 0 unspecified atom stereocenters. The zero-order chi connectivity index (χ0) is 48.2. The molecular formula is C66H61BN2O. The van der Waals surface area contributed by atoms with Crippen molar-refractivity contribution in [2.75, 3.05) is 5.32 Å². The maximum atomic E-state index is 7.45. The van der Waals surface area contributed by atoms with Crippen LogP contribution in [0.15, 0.2) is 138 Å². The van der Waals surface area contributed by atoms with Gasteiger partial charge in [0.15, 0.2) is 7.28 Å². The van der Waals surface area contributed by atoms with Gasteiger partial charge in [0.25, 0.3) is 0 Å². The molecule has 1 aliphatic heterocycles. The van der Waals surface area contributed by atoms with Crippen molar-refractivity contribution in [2.45, 2.75) is 116 Å². The van der Waals surface area contributed by atoms with Crippen LogP contribution in [0.2, 0.25) is 0 Å². The third-order valence-electron chi connectivity index (χ3n) is 18.0. The van der Waals surface area contributed by atoms with Crippen LogP contribution < -0.4 is 16.2 Å². The van der Waals surface area contributed by atoms with E-state index in [1.807, 2.05) is 0 Å². The normalized spacial score (nSPS) is 17.2. The first kappa shape index (κ1) is 42.1. The lowest BCUT2D eigenvalue weighted by atomic mass is 9.58. The van der Waals surface area contributed by atoms with Crippen LogP contribution in [0, 0.1) is 0 Å². The van der Waals surface area contributed by atoms with E-state index >= 15 is 0 Å². The first-order valence-electron chi connectivity index (χ1n) is 25.8. The molecule has 0 saturated heterocycles.